The fourth-order valence-corrected chi connectivity index (χ4v) is 2.11. The molecule has 0 unspecified atom stereocenters. The Kier molecular flexibility index (Phi) is 5.00. The van der Waals surface area contributed by atoms with E-state index in [1.807, 2.05) is 11.6 Å². The molecule has 0 fully saturated rings. The SMILES string of the molecule is CCCN(CC(N)=S)Cc1nccs1. The Bertz CT molecular complexity index is 272. The van der Waals surface area contributed by atoms with E-state index in [9.17, 15) is 0 Å². The van der Waals surface area contributed by atoms with Crippen molar-refractivity contribution in [3.05, 3.63) is 16.6 Å². The van der Waals surface area contributed by atoms with Crippen molar-refractivity contribution in [2.75, 3.05) is 13.1 Å². The molecule has 1 rings (SSSR count). The predicted octanol–water partition coefficient (Wildman–Crippen LogP) is 1.64. The third kappa shape index (κ3) is 4.13. The third-order valence-electron chi connectivity index (χ3n) is 1.76. The molecule has 5 heteroatoms. The van der Waals surface area contributed by atoms with Crippen molar-refractivity contribution in [3.63, 3.8) is 0 Å². The second kappa shape index (κ2) is 6.06. The molecule has 1 heterocycles. The topological polar surface area (TPSA) is 42.1 Å². The highest BCUT2D eigenvalue weighted by Crippen LogP contribution is 2.08. The number of nitrogens with two attached hydrogens (primary N) is 1. The Morgan fingerprint density at radius 1 is 1.71 bits per heavy atom. The van der Waals surface area contributed by atoms with Crippen molar-refractivity contribution in [1.29, 1.82) is 0 Å². The highest BCUT2D eigenvalue weighted by atomic mass is 32.1. The second-order valence-electron chi connectivity index (χ2n) is 3.10. The van der Waals surface area contributed by atoms with Gasteiger partial charge in [0.05, 0.1) is 11.5 Å². The van der Waals surface area contributed by atoms with Gasteiger partial charge in [0.1, 0.15) is 5.01 Å². The molecule has 0 bridgehead atoms. The van der Waals surface area contributed by atoms with Gasteiger partial charge in [0.25, 0.3) is 0 Å². The van der Waals surface area contributed by atoms with E-state index in [4.69, 9.17) is 18.0 Å². The van der Waals surface area contributed by atoms with Gasteiger partial charge < -0.3 is 5.73 Å². The van der Waals surface area contributed by atoms with Crippen LogP contribution in [0.5, 0.6) is 0 Å². The summed E-state index contributed by atoms with van der Waals surface area (Å²) < 4.78 is 0. The van der Waals surface area contributed by atoms with Crippen LogP contribution in [0.2, 0.25) is 0 Å². The maximum Gasteiger partial charge on any atom is 0.107 e. The molecule has 0 aliphatic rings. The standard InChI is InChI=1S/C9H15N3S2/c1-2-4-12(6-8(10)13)7-9-11-3-5-14-9/h3,5H,2,4,6-7H2,1H3,(H2,10,13). The van der Waals surface area contributed by atoms with Gasteiger partial charge >= 0.3 is 0 Å². The summed E-state index contributed by atoms with van der Waals surface area (Å²) in [4.78, 5) is 7.01. The van der Waals surface area contributed by atoms with E-state index in [-0.39, 0.29) is 0 Å². The van der Waals surface area contributed by atoms with E-state index in [2.05, 4.69) is 16.8 Å². The second-order valence-corrected chi connectivity index (χ2v) is 4.61. The van der Waals surface area contributed by atoms with Crippen LogP contribution in [0.15, 0.2) is 11.6 Å². The van der Waals surface area contributed by atoms with E-state index in [1.54, 1.807) is 11.3 Å². The molecule has 0 radical (unpaired) electrons. The summed E-state index contributed by atoms with van der Waals surface area (Å²) in [5.41, 5.74) is 5.53. The molecule has 0 saturated carbocycles. The summed E-state index contributed by atoms with van der Waals surface area (Å²) in [5, 5.41) is 3.11. The molecular weight excluding hydrogens is 214 g/mol. The number of thiocarbonyl (C=S) groups is 1. The lowest BCUT2D eigenvalue weighted by Gasteiger charge is -2.19. The van der Waals surface area contributed by atoms with Gasteiger partial charge in [-0.2, -0.15) is 0 Å². The van der Waals surface area contributed by atoms with Crippen LogP contribution in [0.1, 0.15) is 18.4 Å². The van der Waals surface area contributed by atoms with Crippen molar-refractivity contribution < 1.29 is 0 Å². The zero-order valence-corrected chi connectivity index (χ0v) is 9.90. The van der Waals surface area contributed by atoms with Gasteiger partial charge in [-0.25, -0.2) is 4.98 Å². The first-order valence-corrected chi connectivity index (χ1v) is 5.90. The summed E-state index contributed by atoms with van der Waals surface area (Å²) in [7, 11) is 0. The molecule has 78 valence electrons. The maximum atomic E-state index is 5.53. The smallest absolute Gasteiger partial charge is 0.107 e. The quantitative estimate of drug-likeness (QED) is 0.753. The molecule has 0 atom stereocenters. The molecule has 1 aromatic rings. The van der Waals surface area contributed by atoms with Crippen LogP contribution in [0.3, 0.4) is 0 Å². The molecule has 0 saturated heterocycles. The number of hydrogen-bond acceptors (Lipinski definition) is 4. The van der Waals surface area contributed by atoms with Crippen molar-refractivity contribution in [1.82, 2.24) is 9.88 Å². The Balaban J connectivity index is 2.46. The summed E-state index contributed by atoms with van der Waals surface area (Å²) in [6, 6.07) is 0. The minimum absolute atomic E-state index is 0.551. The Labute approximate surface area is 93.9 Å². The fourth-order valence-electron chi connectivity index (χ4n) is 1.27. The zero-order valence-electron chi connectivity index (χ0n) is 8.27. The lowest BCUT2D eigenvalue weighted by atomic mass is 10.4. The van der Waals surface area contributed by atoms with Crippen LogP contribution in [-0.2, 0) is 6.54 Å². The van der Waals surface area contributed by atoms with Gasteiger partial charge in [-0.15, -0.1) is 11.3 Å². The van der Waals surface area contributed by atoms with Gasteiger partial charge in [-0.1, -0.05) is 19.1 Å². The molecule has 14 heavy (non-hydrogen) atoms. The molecule has 0 aliphatic carbocycles. The molecule has 2 N–H and O–H groups in total. The molecule has 0 aromatic carbocycles. The van der Waals surface area contributed by atoms with Gasteiger partial charge in [-0.3, -0.25) is 4.90 Å². The first-order valence-electron chi connectivity index (χ1n) is 4.61. The average molecular weight is 229 g/mol. The van der Waals surface area contributed by atoms with Crippen molar-refractivity contribution in [2.45, 2.75) is 19.9 Å². The Morgan fingerprint density at radius 2 is 2.50 bits per heavy atom. The van der Waals surface area contributed by atoms with Crippen molar-refractivity contribution in [3.8, 4) is 0 Å². The van der Waals surface area contributed by atoms with Crippen LogP contribution in [0, 0.1) is 0 Å². The average Bonchev–Trinajstić information content (AvgIpc) is 2.56. The normalized spacial score (nSPS) is 10.7. The van der Waals surface area contributed by atoms with E-state index in [0.717, 1.165) is 24.5 Å². The van der Waals surface area contributed by atoms with E-state index in [1.165, 1.54) is 0 Å². The van der Waals surface area contributed by atoms with Crippen LogP contribution in [0.4, 0.5) is 0 Å². The summed E-state index contributed by atoms with van der Waals surface area (Å²) in [6.07, 6.45) is 2.93. The monoisotopic (exact) mass is 229 g/mol. The lowest BCUT2D eigenvalue weighted by molar-refractivity contribution is 0.304. The predicted molar refractivity (Wildman–Crippen MR) is 64.5 cm³/mol. The van der Waals surface area contributed by atoms with Crippen LogP contribution < -0.4 is 5.73 Å². The first kappa shape index (κ1) is 11.6. The summed E-state index contributed by atoms with van der Waals surface area (Å²) in [6.45, 7) is 4.69. The largest absolute Gasteiger partial charge is 0.392 e. The number of nitrogens with zero attached hydrogens (tertiary/aromatic N) is 2. The molecular formula is C9H15N3S2. The number of rotatable bonds is 6. The highest BCUT2D eigenvalue weighted by molar-refractivity contribution is 7.80. The van der Waals surface area contributed by atoms with Crippen LogP contribution in [-0.4, -0.2) is 28.0 Å². The first-order chi connectivity index (χ1) is 6.72. The van der Waals surface area contributed by atoms with Gasteiger partial charge in [0.2, 0.25) is 0 Å². The van der Waals surface area contributed by atoms with E-state index in [0.29, 0.717) is 11.5 Å². The van der Waals surface area contributed by atoms with E-state index < -0.39 is 0 Å². The fraction of sp³-hybridized carbons (Fsp3) is 0.556. The molecule has 1 aromatic heterocycles. The van der Waals surface area contributed by atoms with Gasteiger partial charge in [-0.05, 0) is 13.0 Å². The third-order valence-corrected chi connectivity index (χ3v) is 2.66. The maximum absolute atomic E-state index is 5.53. The molecule has 0 amide bonds. The number of thiazole rings is 1. The van der Waals surface area contributed by atoms with Crippen LogP contribution >= 0.6 is 23.6 Å². The number of hydrogen-bond donors (Lipinski definition) is 1. The molecule has 0 aliphatic heterocycles. The molecule has 0 spiro atoms. The Hall–Kier alpha value is -0.520. The lowest BCUT2D eigenvalue weighted by Crippen LogP contribution is -2.32. The Morgan fingerprint density at radius 3 is 3.00 bits per heavy atom. The summed E-state index contributed by atoms with van der Waals surface area (Å²) >= 11 is 6.57. The van der Waals surface area contributed by atoms with Crippen molar-refractivity contribution in [2.24, 2.45) is 5.73 Å². The highest BCUT2D eigenvalue weighted by Gasteiger charge is 2.07. The van der Waals surface area contributed by atoms with E-state index >= 15 is 0 Å². The van der Waals surface area contributed by atoms with Gasteiger partial charge in [0, 0.05) is 18.1 Å². The summed E-state index contributed by atoms with van der Waals surface area (Å²) in [5.74, 6) is 0. The number of aromatic nitrogens is 1. The van der Waals surface area contributed by atoms with Crippen molar-refractivity contribution >= 4 is 28.5 Å². The minimum atomic E-state index is 0.551. The molecule has 3 nitrogen and oxygen atoms in total. The van der Waals surface area contributed by atoms with Crippen LogP contribution in [0.25, 0.3) is 0 Å². The minimum Gasteiger partial charge on any atom is -0.392 e. The van der Waals surface area contributed by atoms with Gasteiger partial charge in [0.15, 0.2) is 0 Å². The zero-order chi connectivity index (χ0) is 10.4.